The molecule has 0 saturated carbocycles. The zero-order chi connectivity index (χ0) is 13.1. The lowest BCUT2D eigenvalue weighted by Crippen LogP contribution is -2.24. The van der Waals surface area contributed by atoms with E-state index in [1.807, 2.05) is 6.07 Å². The number of rotatable bonds is 5. The number of aromatic nitrogens is 2. The second kappa shape index (κ2) is 5.53. The minimum Gasteiger partial charge on any atom is -0.327 e. The van der Waals surface area contributed by atoms with E-state index in [0.29, 0.717) is 6.04 Å². The van der Waals surface area contributed by atoms with Gasteiger partial charge in [0.05, 0.1) is 11.0 Å². The standard InChI is InChI=1S/C15H23N3/c1-4-7-12(16)10-15-17-13-8-5-6-9-14(13)18(15)11(2)3/h5-6,8-9,11-12H,4,7,10,16H2,1-3H3. The van der Waals surface area contributed by atoms with Gasteiger partial charge in [-0.1, -0.05) is 25.5 Å². The highest BCUT2D eigenvalue weighted by molar-refractivity contribution is 5.76. The second-order valence-corrected chi connectivity index (χ2v) is 5.23. The monoisotopic (exact) mass is 245 g/mol. The maximum absolute atomic E-state index is 6.15. The van der Waals surface area contributed by atoms with Gasteiger partial charge in [-0.05, 0) is 32.4 Å². The summed E-state index contributed by atoms with van der Waals surface area (Å²) in [6.45, 7) is 6.57. The lowest BCUT2D eigenvalue weighted by molar-refractivity contribution is 0.533. The number of hydrogen-bond acceptors (Lipinski definition) is 2. The zero-order valence-electron chi connectivity index (χ0n) is 11.6. The Morgan fingerprint density at radius 3 is 2.67 bits per heavy atom. The molecular weight excluding hydrogens is 222 g/mol. The third kappa shape index (κ3) is 2.56. The van der Waals surface area contributed by atoms with Crippen LogP contribution in [0.15, 0.2) is 24.3 Å². The van der Waals surface area contributed by atoms with Gasteiger partial charge in [-0.2, -0.15) is 0 Å². The predicted octanol–water partition coefficient (Wildman–Crippen LogP) is 3.29. The van der Waals surface area contributed by atoms with Gasteiger partial charge in [0.25, 0.3) is 0 Å². The topological polar surface area (TPSA) is 43.8 Å². The molecule has 1 heterocycles. The molecule has 0 aliphatic carbocycles. The van der Waals surface area contributed by atoms with Crippen molar-refractivity contribution in [1.29, 1.82) is 0 Å². The van der Waals surface area contributed by atoms with E-state index in [0.717, 1.165) is 30.6 Å². The highest BCUT2D eigenvalue weighted by atomic mass is 15.1. The molecule has 2 N–H and O–H groups in total. The van der Waals surface area contributed by atoms with Crippen LogP contribution >= 0.6 is 0 Å². The van der Waals surface area contributed by atoms with Gasteiger partial charge in [0.1, 0.15) is 5.82 Å². The number of fused-ring (bicyclic) bond motifs is 1. The molecule has 3 heteroatoms. The Bertz CT molecular complexity index is 513. The molecule has 1 aromatic carbocycles. The number of benzene rings is 1. The first-order valence-electron chi connectivity index (χ1n) is 6.85. The molecule has 1 aromatic heterocycles. The summed E-state index contributed by atoms with van der Waals surface area (Å²) in [5.74, 6) is 1.12. The first-order chi connectivity index (χ1) is 8.63. The van der Waals surface area contributed by atoms with Crippen LogP contribution in [-0.4, -0.2) is 15.6 Å². The molecule has 1 unspecified atom stereocenters. The van der Waals surface area contributed by atoms with E-state index in [-0.39, 0.29) is 6.04 Å². The van der Waals surface area contributed by atoms with E-state index >= 15 is 0 Å². The molecular formula is C15H23N3. The van der Waals surface area contributed by atoms with Crippen LogP contribution in [0, 0.1) is 0 Å². The predicted molar refractivity (Wildman–Crippen MR) is 76.7 cm³/mol. The van der Waals surface area contributed by atoms with E-state index in [9.17, 15) is 0 Å². The first kappa shape index (κ1) is 13.1. The SMILES string of the molecule is CCCC(N)Cc1nc2ccccc2n1C(C)C. The van der Waals surface area contributed by atoms with Crippen LogP contribution in [-0.2, 0) is 6.42 Å². The summed E-state index contributed by atoms with van der Waals surface area (Å²) < 4.78 is 2.31. The summed E-state index contributed by atoms with van der Waals surface area (Å²) >= 11 is 0. The molecule has 0 fully saturated rings. The summed E-state index contributed by atoms with van der Waals surface area (Å²) in [4.78, 5) is 4.74. The van der Waals surface area contributed by atoms with Crippen LogP contribution in [0.2, 0.25) is 0 Å². The van der Waals surface area contributed by atoms with E-state index in [4.69, 9.17) is 10.7 Å². The maximum Gasteiger partial charge on any atom is 0.111 e. The largest absolute Gasteiger partial charge is 0.327 e. The van der Waals surface area contributed by atoms with E-state index in [2.05, 4.69) is 43.5 Å². The Balaban J connectivity index is 2.39. The summed E-state index contributed by atoms with van der Waals surface area (Å²) in [7, 11) is 0. The quantitative estimate of drug-likeness (QED) is 0.878. The molecule has 3 nitrogen and oxygen atoms in total. The Hall–Kier alpha value is -1.35. The van der Waals surface area contributed by atoms with E-state index in [1.165, 1.54) is 5.52 Å². The van der Waals surface area contributed by atoms with Crippen LogP contribution < -0.4 is 5.73 Å². The molecule has 98 valence electrons. The summed E-state index contributed by atoms with van der Waals surface area (Å²) in [6.07, 6.45) is 3.05. The smallest absolute Gasteiger partial charge is 0.111 e. The Morgan fingerprint density at radius 1 is 1.28 bits per heavy atom. The summed E-state index contributed by atoms with van der Waals surface area (Å²) in [5, 5.41) is 0. The number of para-hydroxylation sites is 2. The summed E-state index contributed by atoms with van der Waals surface area (Å²) in [6, 6.07) is 8.94. The average Bonchev–Trinajstić information content (AvgIpc) is 2.66. The number of hydrogen-bond donors (Lipinski definition) is 1. The molecule has 0 saturated heterocycles. The average molecular weight is 245 g/mol. The van der Waals surface area contributed by atoms with Gasteiger partial charge >= 0.3 is 0 Å². The van der Waals surface area contributed by atoms with Gasteiger partial charge in [-0.25, -0.2) is 4.98 Å². The van der Waals surface area contributed by atoms with Crippen molar-refractivity contribution in [2.75, 3.05) is 0 Å². The number of nitrogens with zero attached hydrogens (tertiary/aromatic N) is 2. The highest BCUT2D eigenvalue weighted by Gasteiger charge is 2.15. The van der Waals surface area contributed by atoms with Crippen molar-refractivity contribution in [2.45, 2.75) is 52.1 Å². The molecule has 0 radical (unpaired) electrons. The molecule has 0 bridgehead atoms. The normalized spacial score (nSPS) is 13.4. The van der Waals surface area contributed by atoms with Gasteiger partial charge in [0.15, 0.2) is 0 Å². The minimum absolute atomic E-state index is 0.212. The fourth-order valence-electron chi connectivity index (χ4n) is 2.52. The molecule has 0 amide bonds. The number of nitrogens with two attached hydrogens (primary N) is 1. The van der Waals surface area contributed by atoms with Crippen molar-refractivity contribution in [3.63, 3.8) is 0 Å². The first-order valence-corrected chi connectivity index (χ1v) is 6.85. The van der Waals surface area contributed by atoms with Crippen molar-refractivity contribution in [2.24, 2.45) is 5.73 Å². The fraction of sp³-hybridized carbons (Fsp3) is 0.533. The van der Waals surface area contributed by atoms with E-state index in [1.54, 1.807) is 0 Å². The summed E-state index contributed by atoms with van der Waals surface area (Å²) in [5.41, 5.74) is 8.44. The van der Waals surface area contributed by atoms with Crippen LogP contribution in [0.1, 0.15) is 45.5 Å². The van der Waals surface area contributed by atoms with Crippen LogP contribution in [0.25, 0.3) is 11.0 Å². The van der Waals surface area contributed by atoms with Gasteiger partial charge in [0, 0.05) is 18.5 Å². The molecule has 2 aromatic rings. The van der Waals surface area contributed by atoms with Crippen molar-refractivity contribution in [3.8, 4) is 0 Å². The molecule has 0 spiro atoms. The maximum atomic E-state index is 6.15. The van der Waals surface area contributed by atoms with Crippen LogP contribution in [0.5, 0.6) is 0 Å². The molecule has 1 atom stereocenters. The van der Waals surface area contributed by atoms with Crippen LogP contribution in [0.4, 0.5) is 0 Å². The highest BCUT2D eigenvalue weighted by Crippen LogP contribution is 2.21. The lowest BCUT2D eigenvalue weighted by Gasteiger charge is -2.15. The van der Waals surface area contributed by atoms with Gasteiger partial charge in [-0.15, -0.1) is 0 Å². The van der Waals surface area contributed by atoms with Gasteiger partial charge in [-0.3, -0.25) is 0 Å². The fourth-order valence-corrected chi connectivity index (χ4v) is 2.52. The second-order valence-electron chi connectivity index (χ2n) is 5.23. The van der Waals surface area contributed by atoms with Crippen molar-refractivity contribution >= 4 is 11.0 Å². The Morgan fingerprint density at radius 2 is 2.00 bits per heavy atom. The van der Waals surface area contributed by atoms with Gasteiger partial charge in [0.2, 0.25) is 0 Å². The third-order valence-electron chi connectivity index (χ3n) is 3.29. The van der Waals surface area contributed by atoms with Crippen molar-refractivity contribution in [1.82, 2.24) is 9.55 Å². The van der Waals surface area contributed by atoms with Gasteiger partial charge < -0.3 is 10.3 Å². The molecule has 18 heavy (non-hydrogen) atoms. The Labute approximate surface area is 109 Å². The van der Waals surface area contributed by atoms with E-state index < -0.39 is 0 Å². The number of imidazole rings is 1. The van der Waals surface area contributed by atoms with Crippen molar-refractivity contribution < 1.29 is 0 Å². The third-order valence-corrected chi connectivity index (χ3v) is 3.29. The molecule has 0 aliphatic heterocycles. The minimum atomic E-state index is 0.212. The molecule has 2 rings (SSSR count). The van der Waals surface area contributed by atoms with Crippen molar-refractivity contribution in [3.05, 3.63) is 30.1 Å². The zero-order valence-corrected chi connectivity index (χ0v) is 11.6. The molecule has 0 aliphatic rings. The Kier molecular flexibility index (Phi) is 4.02. The lowest BCUT2D eigenvalue weighted by atomic mass is 10.1. The van der Waals surface area contributed by atoms with Crippen LogP contribution in [0.3, 0.4) is 0 Å².